The maximum absolute atomic E-state index is 13.3. The van der Waals surface area contributed by atoms with E-state index in [1.54, 1.807) is 32.5 Å². The highest BCUT2D eigenvalue weighted by Gasteiger charge is 2.32. The minimum absolute atomic E-state index is 0.0535. The molecule has 0 amide bonds. The summed E-state index contributed by atoms with van der Waals surface area (Å²) in [6, 6.07) is 8.16. The number of benzene rings is 1. The lowest BCUT2D eigenvalue weighted by Crippen LogP contribution is -2.33. The van der Waals surface area contributed by atoms with Crippen LogP contribution in [0.3, 0.4) is 0 Å². The van der Waals surface area contributed by atoms with Gasteiger partial charge < -0.3 is 9.47 Å². The van der Waals surface area contributed by atoms with Gasteiger partial charge in [-0.05, 0) is 43.2 Å². The number of aromatic nitrogens is 1. The second kappa shape index (κ2) is 8.19. The molecule has 5 nitrogen and oxygen atoms in total. The maximum Gasteiger partial charge on any atom is 0.218 e. The number of methoxy groups -OCH3 is 2. The van der Waals surface area contributed by atoms with Crippen molar-refractivity contribution in [2.45, 2.75) is 44.8 Å². The van der Waals surface area contributed by atoms with Gasteiger partial charge in [0.25, 0.3) is 0 Å². The summed E-state index contributed by atoms with van der Waals surface area (Å²) in [5, 5.41) is 0. The smallest absolute Gasteiger partial charge is 0.218 e. The largest absolute Gasteiger partial charge is 0.481 e. The number of nitrogens with zero attached hydrogens (tertiary/aromatic N) is 2. The number of rotatable bonds is 7. The Kier molecular flexibility index (Phi) is 5.89. The first-order chi connectivity index (χ1) is 13.3. The zero-order chi connectivity index (χ0) is 20.3. The number of hydrogen-bond donors (Lipinski definition) is 0. The molecule has 0 N–H and O–H groups in total. The standard InChI is InChI=1S/C22H25FN2O3/c1-22(2,28-4)20(14-5-7-16(23)8-6-14)11-18(26)10-17-9-15-12-25-21(27-3)19(15)13-24-17/h5-9,13,20H,10-12H2,1-4H3. The summed E-state index contributed by atoms with van der Waals surface area (Å²) in [5.41, 5.74) is 2.91. The van der Waals surface area contributed by atoms with E-state index in [4.69, 9.17) is 9.47 Å². The van der Waals surface area contributed by atoms with Crippen molar-refractivity contribution < 1.29 is 18.7 Å². The Labute approximate surface area is 164 Å². The van der Waals surface area contributed by atoms with Crippen LogP contribution < -0.4 is 0 Å². The molecule has 6 heteroatoms. The first-order valence-electron chi connectivity index (χ1n) is 9.23. The first-order valence-corrected chi connectivity index (χ1v) is 9.23. The van der Waals surface area contributed by atoms with Crippen molar-refractivity contribution in [3.05, 3.63) is 64.7 Å². The van der Waals surface area contributed by atoms with Gasteiger partial charge in [0, 0.05) is 37.8 Å². The molecule has 0 aliphatic carbocycles. The van der Waals surface area contributed by atoms with Crippen LogP contribution in [0, 0.1) is 5.82 Å². The lowest BCUT2D eigenvalue weighted by Gasteiger charge is -2.33. The van der Waals surface area contributed by atoms with Crippen LogP contribution in [0.4, 0.5) is 4.39 Å². The van der Waals surface area contributed by atoms with Crippen molar-refractivity contribution in [1.82, 2.24) is 4.98 Å². The number of fused-ring (bicyclic) bond motifs is 1. The van der Waals surface area contributed by atoms with Gasteiger partial charge in [-0.1, -0.05) is 12.1 Å². The van der Waals surface area contributed by atoms with Crippen LogP contribution in [0.5, 0.6) is 0 Å². The van der Waals surface area contributed by atoms with E-state index in [0.29, 0.717) is 18.1 Å². The highest BCUT2D eigenvalue weighted by Crippen LogP contribution is 2.34. The number of aliphatic imine (C=N–C) groups is 1. The predicted octanol–water partition coefficient (Wildman–Crippen LogP) is 3.84. The third-order valence-electron chi connectivity index (χ3n) is 5.31. The zero-order valence-corrected chi connectivity index (χ0v) is 16.7. The molecular weight excluding hydrogens is 359 g/mol. The van der Waals surface area contributed by atoms with E-state index in [9.17, 15) is 9.18 Å². The lowest BCUT2D eigenvalue weighted by atomic mass is 9.80. The first kappa shape index (κ1) is 20.1. The van der Waals surface area contributed by atoms with E-state index in [-0.39, 0.29) is 30.4 Å². The second-order valence-electron chi connectivity index (χ2n) is 7.49. The Morgan fingerprint density at radius 2 is 1.96 bits per heavy atom. The summed E-state index contributed by atoms with van der Waals surface area (Å²) in [4.78, 5) is 21.5. The van der Waals surface area contributed by atoms with E-state index in [1.807, 2.05) is 19.9 Å². The molecule has 1 unspecified atom stereocenters. The van der Waals surface area contributed by atoms with Crippen LogP contribution in [-0.4, -0.2) is 36.5 Å². The average molecular weight is 384 g/mol. The van der Waals surface area contributed by atoms with Gasteiger partial charge >= 0.3 is 0 Å². The van der Waals surface area contributed by atoms with Gasteiger partial charge in [-0.15, -0.1) is 0 Å². The Hall–Kier alpha value is -2.60. The number of ketones is 1. The van der Waals surface area contributed by atoms with Crippen molar-refractivity contribution in [2.24, 2.45) is 4.99 Å². The summed E-state index contributed by atoms with van der Waals surface area (Å²) < 4.78 is 24.2. The molecular formula is C22H25FN2O3. The molecule has 0 saturated heterocycles. The third kappa shape index (κ3) is 4.28. The topological polar surface area (TPSA) is 60.8 Å². The molecule has 1 aromatic carbocycles. The van der Waals surface area contributed by atoms with Crippen LogP contribution in [0.2, 0.25) is 0 Å². The van der Waals surface area contributed by atoms with Crippen molar-refractivity contribution in [3.8, 4) is 0 Å². The molecule has 0 spiro atoms. The highest BCUT2D eigenvalue weighted by atomic mass is 19.1. The van der Waals surface area contributed by atoms with Crippen LogP contribution in [0.1, 0.15) is 48.6 Å². The van der Waals surface area contributed by atoms with Crippen LogP contribution in [-0.2, 0) is 27.2 Å². The summed E-state index contributed by atoms with van der Waals surface area (Å²) in [6.45, 7) is 4.41. The average Bonchev–Trinajstić information content (AvgIpc) is 3.09. The number of pyridine rings is 1. The van der Waals surface area contributed by atoms with Crippen molar-refractivity contribution in [2.75, 3.05) is 14.2 Å². The van der Waals surface area contributed by atoms with Gasteiger partial charge in [-0.2, -0.15) is 0 Å². The number of carbonyl (C=O) groups is 1. The fourth-order valence-electron chi connectivity index (χ4n) is 3.49. The summed E-state index contributed by atoms with van der Waals surface area (Å²) in [7, 11) is 3.20. The third-order valence-corrected chi connectivity index (χ3v) is 5.31. The van der Waals surface area contributed by atoms with Gasteiger partial charge in [0.1, 0.15) is 11.6 Å². The van der Waals surface area contributed by atoms with Crippen molar-refractivity contribution >= 4 is 11.7 Å². The van der Waals surface area contributed by atoms with Gasteiger partial charge in [0.15, 0.2) is 0 Å². The number of ether oxygens (including phenoxy) is 2. The normalized spacial score (nSPS) is 14.4. The molecule has 1 aliphatic rings. The Morgan fingerprint density at radius 3 is 2.61 bits per heavy atom. The lowest BCUT2D eigenvalue weighted by molar-refractivity contribution is -0.120. The number of carbonyl (C=O) groups excluding carboxylic acids is 1. The molecule has 3 rings (SSSR count). The summed E-state index contributed by atoms with van der Waals surface area (Å²) >= 11 is 0. The summed E-state index contributed by atoms with van der Waals surface area (Å²) in [6.07, 6.45) is 2.22. The summed E-state index contributed by atoms with van der Waals surface area (Å²) in [5.74, 6) is 0.142. The van der Waals surface area contributed by atoms with Gasteiger partial charge in [0.05, 0.1) is 24.8 Å². The van der Waals surface area contributed by atoms with E-state index < -0.39 is 5.60 Å². The highest BCUT2D eigenvalue weighted by molar-refractivity contribution is 5.97. The zero-order valence-electron chi connectivity index (χ0n) is 16.7. The number of halogens is 1. The fourth-order valence-corrected chi connectivity index (χ4v) is 3.49. The minimum Gasteiger partial charge on any atom is -0.481 e. The Balaban J connectivity index is 1.75. The molecule has 0 saturated carbocycles. The molecule has 0 bridgehead atoms. The maximum atomic E-state index is 13.3. The molecule has 0 fully saturated rings. The minimum atomic E-state index is -0.569. The molecule has 0 radical (unpaired) electrons. The molecule has 28 heavy (non-hydrogen) atoms. The Bertz CT molecular complexity index is 891. The van der Waals surface area contributed by atoms with E-state index >= 15 is 0 Å². The van der Waals surface area contributed by atoms with E-state index in [0.717, 1.165) is 16.7 Å². The van der Waals surface area contributed by atoms with Crippen LogP contribution in [0.15, 0.2) is 41.5 Å². The number of hydrogen-bond acceptors (Lipinski definition) is 5. The van der Waals surface area contributed by atoms with E-state index in [2.05, 4.69) is 9.98 Å². The van der Waals surface area contributed by atoms with Crippen LogP contribution in [0.25, 0.3) is 0 Å². The molecule has 1 aromatic heterocycles. The van der Waals surface area contributed by atoms with Gasteiger partial charge in [-0.25, -0.2) is 9.38 Å². The van der Waals surface area contributed by atoms with E-state index in [1.165, 1.54) is 12.1 Å². The Morgan fingerprint density at radius 1 is 1.25 bits per heavy atom. The monoisotopic (exact) mass is 384 g/mol. The molecule has 2 heterocycles. The van der Waals surface area contributed by atoms with Gasteiger partial charge in [-0.3, -0.25) is 9.78 Å². The SMILES string of the molecule is COC1=NCc2cc(CC(=O)CC(c3ccc(F)cc3)C(C)(C)OC)ncc21. The number of Topliss-reactive ketones (excluding diaryl/α,β-unsaturated/α-hetero) is 1. The van der Waals surface area contributed by atoms with Gasteiger partial charge in [0.2, 0.25) is 5.90 Å². The van der Waals surface area contributed by atoms with Crippen molar-refractivity contribution in [3.63, 3.8) is 0 Å². The quantitative estimate of drug-likeness (QED) is 0.728. The molecule has 1 atom stereocenters. The van der Waals surface area contributed by atoms with Crippen molar-refractivity contribution in [1.29, 1.82) is 0 Å². The van der Waals surface area contributed by atoms with Crippen LogP contribution >= 0.6 is 0 Å². The molecule has 2 aromatic rings. The predicted molar refractivity (Wildman–Crippen MR) is 105 cm³/mol. The fraction of sp³-hybridized carbons (Fsp3) is 0.409. The molecule has 148 valence electrons. The second-order valence-corrected chi connectivity index (χ2v) is 7.49. The molecule has 1 aliphatic heterocycles.